The van der Waals surface area contributed by atoms with Crippen molar-refractivity contribution < 1.29 is 14.7 Å². The Hall–Kier alpha value is -1.10. The minimum absolute atomic E-state index is 0.0221. The normalized spacial score (nSPS) is 21.5. The maximum absolute atomic E-state index is 11.1. The largest absolute Gasteiger partial charge is 0.481 e. The van der Waals surface area contributed by atoms with E-state index >= 15 is 0 Å². The summed E-state index contributed by atoms with van der Waals surface area (Å²) in [6.07, 6.45) is 1.96. The predicted octanol–water partition coefficient (Wildman–Crippen LogP) is -0.0809. The molecule has 0 spiro atoms. The molecule has 2 N–H and O–H groups in total. The number of carbonyl (C=O) groups excluding carboxylic acids is 1. The van der Waals surface area contributed by atoms with Gasteiger partial charge in [0.05, 0.1) is 6.54 Å². The van der Waals surface area contributed by atoms with Crippen molar-refractivity contribution in [3.05, 3.63) is 0 Å². The first-order valence-corrected chi connectivity index (χ1v) is 5.26. The lowest BCUT2D eigenvalue weighted by Gasteiger charge is -2.14. The molecule has 1 unspecified atom stereocenters. The maximum Gasteiger partial charge on any atom is 0.303 e. The summed E-state index contributed by atoms with van der Waals surface area (Å²) in [5.41, 5.74) is 0. The lowest BCUT2D eigenvalue weighted by molar-refractivity contribution is -0.137. The van der Waals surface area contributed by atoms with Crippen LogP contribution in [0, 0.1) is 5.92 Å². The summed E-state index contributed by atoms with van der Waals surface area (Å²) in [5, 5.41) is 11.1. The molecule has 1 atom stereocenters. The van der Waals surface area contributed by atoms with Crippen molar-refractivity contribution in [2.75, 3.05) is 26.7 Å². The maximum atomic E-state index is 11.1. The molecular formula is C10H18N2O3. The monoisotopic (exact) mass is 214 g/mol. The third kappa shape index (κ3) is 4.29. The fourth-order valence-corrected chi connectivity index (χ4v) is 1.90. The highest BCUT2D eigenvalue weighted by Crippen LogP contribution is 2.20. The van der Waals surface area contributed by atoms with Crippen LogP contribution >= 0.6 is 0 Å². The van der Waals surface area contributed by atoms with Crippen LogP contribution in [0.3, 0.4) is 0 Å². The van der Waals surface area contributed by atoms with Gasteiger partial charge in [-0.15, -0.1) is 0 Å². The second-order valence-corrected chi connectivity index (χ2v) is 4.00. The van der Waals surface area contributed by atoms with Gasteiger partial charge < -0.3 is 10.4 Å². The van der Waals surface area contributed by atoms with E-state index in [-0.39, 0.29) is 12.3 Å². The molecule has 0 aromatic rings. The molecule has 1 heterocycles. The van der Waals surface area contributed by atoms with Crippen LogP contribution < -0.4 is 5.32 Å². The number of likely N-dealkylation sites (tertiary alicyclic amines) is 1. The van der Waals surface area contributed by atoms with E-state index in [4.69, 9.17) is 5.11 Å². The number of carboxylic acids is 1. The molecule has 1 amide bonds. The summed E-state index contributed by atoms with van der Waals surface area (Å²) in [4.78, 5) is 23.6. The van der Waals surface area contributed by atoms with Crippen molar-refractivity contribution in [2.24, 2.45) is 5.92 Å². The number of likely N-dealkylation sites (N-methyl/N-ethyl adjacent to an activating group) is 1. The molecule has 1 rings (SSSR count). The minimum Gasteiger partial charge on any atom is -0.481 e. The molecule has 0 saturated carbocycles. The van der Waals surface area contributed by atoms with Crippen LogP contribution in [0.2, 0.25) is 0 Å². The number of amides is 1. The van der Waals surface area contributed by atoms with Crippen molar-refractivity contribution in [3.63, 3.8) is 0 Å². The lowest BCUT2D eigenvalue weighted by Crippen LogP contribution is -2.34. The molecule has 1 aliphatic rings. The van der Waals surface area contributed by atoms with E-state index in [1.54, 1.807) is 7.05 Å². The molecule has 0 aromatic heterocycles. The number of carbonyl (C=O) groups is 2. The van der Waals surface area contributed by atoms with E-state index in [0.717, 1.165) is 25.9 Å². The number of hydrogen-bond acceptors (Lipinski definition) is 3. The topological polar surface area (TPSA) is 69.6 Å². The molecule has 1 saturated heterocycles. The molecule has 1 aliphatic heterocycles. The Kier molecular flexibility index (Phi) is 4.55. The molecule has 15 heavy (non-hydrogen) atoms. The van der Waals surface area contributed by atoms with Crippen LogP contribution in [0.15, 0.2) is 0 Å². The van der Waals surface area contributed by atoms with Gasteiger partial charge in [0.1, 0.15) is 0 Å². The molecule has 5 heteroatoms. The Labute approximate surface area is 89.4 Å². The van der Waals surface area contributed by atoms with Gasteiger partial charge in [0, 0.05) is 20.0 Å². The number of aliphatic carboxylic acids is 1. The highest BCUT2D eigenvalue weighted by atomic mass is 16.4. The second-order valence-electron chi connectivity index (χ2n) is 4.00. The first-order valence-electron chi connectivity index (χ1n) is 5.26. The molecule has 0 radical (unpaired) electrons. The highest BCUT2D eigenvalue weighted by molar-refractivity contribution is 5.77. The third-order valence-corrected chi connectivity index (χ3v) is 2.78. The Morgan fingerprint density at radius 2 is 2.27 bits per heavy atom. The van der Waals surface area contributed by atoms with Crippen molar-refractivity contribution >= 4 is 11.9 Å². The van der Waals surface area contributed by atoms with Gasteiger partial charge in [-0.1, -0.05) is 0 Å². The average molecular weight is 214 g/mol. The van der Waals surface area contributed by atoms with Crippen molar-refractivity contribution in [2.45, 2.75) is 19.3 Å². The SMILES string of the molecule is CNC(=O)CN1CCC(CCC(=O)O)C1. The third-order valence-electron chi connectivity index (χ3n) is 2.78. The van der Waals surface area contributed by atoms with E-state index in [1.807, 2.05) is 0 Å². The predicted molar refractivity (Wildman–Crippen MR) is 55.5 cm³/mol. The lowest BCUT2D eigenvalue weighted by atomic mass is 10.0. The zero-order valence-corrected chi connectivity index (χ0v) is 9.03. The van der Waals surface area contributed by atoms with E-state index < -0.39 is 5.97 Å². The zero-order chi connectivity index (χ0) is 11.3. The summed E-state index contributed by atoms with van der Waals surface area (Å²) in [6, 6.07) is 0. The number of carboxylic acid groups (broad SMARTS) is 1. The number of nitrogens with one attached hydrogen (secondary N) is 1. The zero-order valence-electron chi connectivity index (χ0n) is 9.03. The van der Waals surface area contributed by atoms with Gasteiger partial charge in [-0.25, -0.2) is 0 Å². The molecule has 0 aromatic carbocycles. The summed E-state index contributed by atoms with van der Waals surface area (Å²) in [5.74, 6) is -0.278. The summed E-state index contributed by atoms with van der Waals surface area (Å²) >= 11 is 0. The standard InChI is InChI=1S/C10H18N2O3/c1-11-9(13)7-12-5-4-8(6-12)2-3-10(14)15/h8H,2-7H2,1H3,(H,11,13)(H,14,15). The van der Waals surface area contributed by atoms with Gasteiger partial charge >= 0.3 is 5.97 Å². The molecule has 0 bridgehead atoms. The van der Waals surface area contributed by atoms with Gasteiger partial charge in [-0.3, -0.25) is 14.5 Å². The number of hydrogen-bond donors (Lipinski definition) is 2. The number of nitrogens with zero attached hydrogens (tertiary/aromatic N) is 1. The van der Waals surface area contributed by atoms with Crippen LogP contribution in [-0.4, -0.2) is 48.6 Å². The van der Waals surface area contributed by atoms with Crippen molar-refractivity contribution in [3.8, 4) is 0 Å². The molecule has 1 fully saturated rings. The van der Waals surface area contributed by atoms with Gasteiger partial charge in [0.25, 0.3) is 0 Å². The van der Waals surface area contributed by atoms with E-state index in [9.17, 15) is 9.59 Å². The van der Waals surface area contributed by atoms with Crippen molar-refractivity contribution in [1.29, 1.82) is 0 Å². The Balaban J connectivity index is 2.20. The first-order chi connectivity index (χ1) is 7.11. The quantitative estimate of drug-likeness (QED) is 0.671. The van der Waals surface area contributed by atoms with Gasteiger partial charge in [0.15, 0.2) is 0 Å². The molecule has 86 valence electrons. The van der Waals surface area contributed by atoms with Gasteiger partial charge in [-0.2, -0.15) is 0 Å². The average Bonchev–Trinajstić information content (AvgIpc) is 2.62. The minimum atomic E-state index is -0.736. The van der Waals surface area contributed by atoms with E-state index in [2.05, 4.69) is 10.2 Å². The highest BCUT2D eigenvalue weighted by Gasteiger charge is 2.23. The summed E-state index contributed by atoms with van der Waals surface area (Å²) < 4.78 is 0. The van der Waals surface area contributed by atoms with Crippen LogP contribution in [0.25, 0.3) is 0 Å². The first kappa shape index (κ1) is 12.0. The summed E-state index contributed by atoms with van der Waals surface area (Å²) in [7, 11) is 1.63. The van der Waals surface area contributed by atoms with Gasteiger partial charge in [-0.05, 0) is 25.3 Å². The van der Waals surface area contributed by atoms with Crippen molar-refractivity contribution in [1.82, 2.24) is 10.2 Å². The smallest absolute Gasteiger partial charge is 0.303 e. The van der Waals surface area contributed by atoms with Crippen LogP contribution in [0.5, 0.6) is 0 Å². The van der Waals surface area contributed by atoms with Gasteiger partial charge in [0.2, 0.25) is 5.91 Å². The summed E-state index contributed by atoms with van der Waals surface area (Å²) in [6.45, 7) is 2.18. The van der Waals surface area contributed by atoms with E-state index in [0.29, 0.717) is 12.5 Å². The number of rotatable bonds is 5. The molecular weight excluding hydrogens is 196 g/mol. The molecule has 5 nitrogen and oxygen atoms in total. The Bertz CT molecular complexity index is 243. The fraction of sp³-hybridized carbons (Fsp3) is 0.800. The Morgan fingerprint density at radius 3 is 2.87 bits per heavy atom. The fourth-order valence-electron chi connectivity index (χ4n) is 1.90. The Morgan fingerprint density at radius 1 is 1.53 bits per heavy atom. The second kappa shape index (κ2) is 5.70. The van der Waals surface area contributed by atoms with Crippen LogP contribution in [0.1, 0.15) is 19.3 Å². The van der Waals surface area contributed by atoms with E-state index in [1.165, 1.54) is 0 Å². The van der Waals surface area contributed by atoms with Crippen LogP contribution in [0.4, 0.5) is 0 Å². The van der Waals surface area contributed by atoms with Crippen LogP contribution in [-0.2, 0) is 9.59 Å². The molecule has 0 aliphatic carbocycles.